The van der Waals surface area contributed by atoms with Gasteiger partial charge in [0.05, 0.1) is 6.20 Å². The molecule has 7 nitrogen and oxygen atoms in total. The number of carboxylic acid groups (broad SMARTS) is 1. The predicted molar refractivity (Wildman–Crippen MR) is 67.5 cm³/mol. The number of carbonyl (C=O) groups is 1. The zero-order valence-electron chi connectivity index (χ0n) is 10.8. The Kier molecular flexibility index (Phi) is 3.02. The van der Waals surface area contributed by atoms with E-state index in [1.807, 2.05) is 6.07 Å². The molecule has 2 heterocycles. The fourth-order valence-corrected chi connectivity index (χ4v) is 2.05. The van der Waals surface area contributed by atoms with Crippen molar-refractivity contribution in [2.24, 2.45) is 7.05 Å². The summed E-state index contributed by atoms with van der Waals surface area (Å²) in [6.07, 6.45) is 1.35. The van der Waals surface area contributed by atoms with Gasteiger partial charge in [-0.25, -0.2) is 4.79 Å². The minimum atomic E-state index is -0.955. The summed E-state index contributed by atoms with van der Waals surface area (Å²) in [4.78, 5) is 10.9. The Morgan fingerprint density at radius 2 is 2.45 bits per heavy atom. The fraction of sp³-hybridized carbons (Fsp3) is 0.308. The van der Waals surface area contributed by atoms with Gasteiger partial charge in [-0.1, -0.05) is 11.3 Å². The van der Waals surface area contributed by atoms with E-state index < -0.39 is 12.1 Å². The number of hydrogen-bond donors (Lipinski definition) is 1. The summed E-state index contributed by atoms with van der Waals surface area (Å²) in [6.45, 7) is 0.301. The van der Waals surface area contributed by atoms with Crippen molar-refractivity contribution in [3.05, 3.63) is 35.7 Å². The van der Waals surface area contributed by atoms with Crippen LogP contribution in [0.15, 0.2) is 24.4 Å². The maximum absolute atomic E-state index is 10.9. The molecule has 1 N–H and O–H groups in total. The van der Waals surface area contributed by atoms with E-state index in [9.17, 15) is 4.79 Å². The fourth-order valence-electron chi connectivity index (χ4n) is 2.05. The van der Waals surface area contributed by atoms with Gasteiger partial charge in [0.1, 0.15) is 23.8 Å². The number of nitrogens with zero attached hydrogens (tertiary/aromatic N) is 3. The molecule has 2 aromatic rings. The van der Waals surface area contributed by atoms with E-state index in [-0.39, 0.29) is 0 Å². The highest BCUT2D eigenvalue weighted by Crippen LogP contribution is 2.32. The van der Waals surface area contributed by atoms with Crippen LogP contribution in [0.1, 0.15) is 11.3 Å². The Balaban J connectivity index is 1.68. The highest BCUT2D eigenvalue weighted by atomic mass is 16.5. The molecule has 1 atom stereocenters. The third-order valence-electron chi connectivity index (χ3n) is 3.03. The maximum atomic E-state index is 10.9. The summed E-state index contributed by atoms with van der Waals surface area (Å²) in [7, 11) is 1.78. The highest BCUT2D eigenvalue weighted by molar-refractivity contribution is 5.74. The molecule has 0 saturated heterocycles. The second-order valence-corrected chi connectivity index (χ2v) is 4.59. The predicted octanol–water partition coefficient (Wildman–Crippen LogP) is 0.782. The number of aromatic nitrogens is 3. The molecule has 7 heteroatoms. The van der Waals surface area contributed by atoms with Crippen LogP contribution in [-0.4, -0.2) is 32.2 Å². The lowest BCUT2D eigenvalue weighted by Crippen LogP contribution is -2.24. The number of benzene rings is 1. The van der Waals surface area contributed by atoms with E-state index in [0.717, 1.165) is 11.3 Å². The van der Waals surface area contributed by atoms with Crippen LogP contribution in [0.2, 0.25) is 0 Å². The van der Waals surface area contributed by atoms with Gasteiger partial charge in [-0.3, -0.25) is 4.68 Å². The third kappa shape index (κ3) is 2.42. The number of aryl methyl sites for hydroxylation is 1. The number of hydrogen-bond acceptors (Lipinski definition) is 5. The summed E-state index contributed by atoms with van der Waals surface area (Å²) in [6, 6.07) is 5.32. The van der Waals surface area contributed by atoms with E-state index in [2.05, 4.69) is 10.3 Å². The average molecular weight is 275 g/mol. The zero-order valence-corrected chi connectivity index (χ0v) is 10.8. The quantitative estimate of drug-likeness (QED) is 0.887. The molecule has 0 amide bonds. The van der Waals surface area contributed by atoms with Gasteiger partial charge >= 0.3 is 5.97 Å². The van der Waals surface area contributed by atoms with Crippen LogP contribution in [0.4, 0.5) is 0 Å². The number of rotatable bonds is 4. The van der Waals surface area contributed by atoms with Crippen molar-refractivity contribution in [1.29, 1.82) is 0 Å². The molecule has 0 saturated carbocycles. The first-order valence-corrected chi connectivity index (χ1v) is 6.12. The summed E-state index contributed by atoms with van der Waals surface area (Å²) in [5.41, 5.74) is 1.60. The number of fused-ring (bicyclic) bond motifs is 1. The maximum Gasteiger partial charge on any atom is 0.345 e. The standard InChI is InChI=1S/C13H13N3O4/c1-16-6-9(14-15-16)7-19-10-3-2-8-4-12(13(17)18)20-11(8)5-10/h2-3,5-6,12H,4,7H2,1H3,(H,17,18). The van der Waals surface area contributed by atoms with Crippen molar-refractivity contribution in [1.82, 2.24) is 15.0 Å². The van der Waals surface area contributed by atoms with E-state index in [1.54, 1.807) is 30.1 Å². The van der Waals surface area contributed by atoms with Crippen LogP contribution in [0, 0.1) is 0 Å². The molecule has 1 aromatic heterocycles. The van der Waals surface area contributed by atoms with E-state index >= 15 is 0 Å². The van der Waals surface area contributed by atoms with Crippen molar-refractivity contribution >= 4 is 5.97 Å². The van der Waals surface area contributed by atoms with Crippen molar-refractivity contribution in [2.75, 3.05) is 0 Å². The van der Waals surface area contributed by atoms with Gasteiger partial charge in [0, 0.05) is 19.5 Å². The van der Waals surface area contributed by atoms with Crippen LogP contribution in [0.5, 0.6) is 11.5 Å². The second kappa shape index (κ2) is 4.84. The summed E-state index contributed by atoms with van der Waals surface area (Å²) in [5.74, 6) is 0.220. The van der Waals surface area contributed by atoms with Crippen molar-refractivity contribution in [3.8, 4) is 11.5 Å². The number of ether oxygens (including phenoxy) is 2. The molecule has 0 bridgehead atoms. The minimum absolute atomic E-state index is 0.301. The van der Waals surface area contributed by atoms with Crippen LogP contribution < -0.4 is 9.47 Å². The monoisotopic (exact) mass is 275 g/mol. The zero-order chi connectivity index (χ0) is 14.1. The van der Waals surface area contributed by atoms with Crippen molar-refractivity contribution in [3.63, 3.8) is 0 Å². The Labute approximate surface area is 114 Å². The lowest BCUT2D eigenvalue weighted by Gasteiger charge is -2.06. The van der Waals surface area contributed by atoms with Crippen molar-refractivity contribution < 1.29 is 19.4 Å². The molecule has 1 aromatic carbocycles. The average Bonchev–Trinajstić information content (AvgIpc) is 3.01. The molecule has 0 fully saturated rings. The van der Waals surface area contributed by atoms with Gasteiger partial charge in [-0.15, -0.1) is 5.10 Å². The second-order valence-electron chi connectivity index (χ2n) is 4.59. The number of aliphatic carboxylic acids is 1. The first kappa shape index (κ1) is 12.5. The Morgan fingerprint density at radius 3 is 3.15 bits per heavy atom. The molecule has 3 rings (SSSR count). The van der Waals surface area contributed by atoms with Gasteiger partial charge in [-0.05, 0) is 11.6 Å². The van der Waals surface area contributed by atoms with Crippen LogP contribution in [-0.2, 0) is 24.9 Å². The third-order valence-corrected chi connectivity index (χ3v) is 3.03. The molecular formula is C13H13N3O4. The van der Waals surface area contributed by atoms with Crippen LogP contribution in [0.3, 0.4) is 0 Å². The van der Waals surface area contributed by atoms with Gasteiger partial charge in [0.2, 0.25) is 0 Å². The molecular weight excluding hydrogens is 262 g/mol. The van der Waals surface area contributed by atoms with E-state index in [4.69, 9.17) is 14.6 Å². The Morgan fingerprint density at radius 1 is 1.60 bits per heavy atom. The molecule has 104 valence electrons. The first-order valence-electron chi connectivity index (χ1n) is 6.12. The lowest BCUT2D eigenvalue weighted by molar-refractivity contribution is -0.144. The van der Waals surface area contributed by atoms with E-state index in [1.165, 1.54) is 0 Å². The smallest absolute Gasteiger partial charge is 0.345 e. The molecule has 0 radical (unpaired) electrons. The summed E-state index contributed by atoms with van der Waals surface area (Å²) in [5, 5.41) is 16.7. The minimum Gasteiger partial charge on any atom is -0.487 e. The van der Waals surface area contributed by atoms with Gasteiger partial charge < -0.3 is 14.6 Å². The van der Waals surface area contributed by atoms with Crippen LogP contribution in [0.25, 0.3) is 0 Å². The molecule has 20 heavy (non-hydrogen) atoms. The Hall–Kier alpha value is -2.57. The lowest BCUT2D eigenvalue weighted by atomic mass is 10.1. The highest BCUT2D eigenvalue weighted by Gasteiger charge is 2.28. The van der Waals surface area contributed by atoms with Gasteiger partial charge in [0.15, 0.2) is 6.10 Å². The molecule has 1 aliphatic heterocycles. The Bertz CT molecular complexity index is 653. The largest absolute Gasteiger partial charge is 0.487 e. The van der Waals surface area contributed by atoms with E-state index in [0.29, 0.717) is 24.5 Å². The first-order chi connectivity index (χ1) is 9.61. The SMILES string of the molecule is Cn1cc(COc2ccc3c(c2)OC(C(=O)O)C3)nn1. The normalized spacial score (nSPS) is 16.6. The summed E-state index contributed by atoms with van der Waals surface area (Å²) >= 11 is 0. The van der Waals surface area contributed by atoms with Gasteiger partial charge in [-0.2, -0.15) is 0 Å². The van der Waals surface area contributed by atoms with Crippen LogP contribution >= 0.6 is 0 Å². The van der Waals surface area contributed by atoms with Gasteiger partial charge in [0.25, 0.3) is 0 Å². The van der Waals surface area contributed by atoms with Crippen molar-refractivity contribution in [2.45, 2.75) is 19.1 Å². The molecule has 0 spiro atoms. The molecule has 1 unspecified atom stereocenters. The summed E-state index contributed by atoms with van der Waals surface area (Å²) < 4.78 is 12.5. The number of carboxylic acids is 1. The topological polar surface area (TPSA) is 86.5 Å². The molecule has 1 aliphatic rings. The molecule has 0 aliphatic carbocycles.